The normalized spacial score (nSPS) is 14.4. The van der Waals surface area contributed by atoms with E-state index in [1.807, 2.05) is 62.6 Å². The number of carbonyl (C=O) groups is 2. The summed E-state index contributed by atoms with van der Waals surface area (Å²) in [5.74, 6) is -0.298. The second-order valence-electron chi connectivity index (χ2n) is 9.55. The van der Waals surface area contributed by atoms with Gasteiger partial charge in [-0.3, -0.25) is 29.9 Å². The molecule has 0 aliphatic carbocycles. The molecule has 0 radical (unpaired) electrons. The molecular formula is C30H25N5O5S. The summed E-state index contributed by atoms with van der Waals surface area (Å²) in [4.78, 5) is 42.1. The van der Waals surface area contributed by atoms with Gasteiger partial charge in [-0.25, -0.2) is 4.98 Å². The van der Waals surface area contributed by atoms with E-state index in [1.165, 1.54) is 17.0 Å². The van der Waals surface area contributed by atoms with E-state index in [0.717, 1.165) is 34.4 Å². The van der Waals surface area contributed by atoms with Crippen molar-refractivity contribution in [1.82, 2.24) is 14.9 Å². The van der Waals surface area contributed by atoms with E-state index in [4.69, 9.17) is 17.0 Å². The summed E-state index contributed by atoms with van der Waals surface area (Å²) in [5, 5.41) is 13.5. The number of ether oxygens (including phenoxy) is 1. The molecule has 1 N–H and O–H groups in total. The number of nitro groups is 1. The van der Waals surface area contributed by atoms with Crippen LogP contribution in [0, 0.1) is 37.8 Å². The number of carbonyl (C=O) groups excluding carboxylic acids is 2. The van der Waals surface area contributed by atoms with Crippen molar-refractivity contribution < 1.29 is 19.2 Å². The minimum absolute atomic E-state index is 0.0147. The standard InChI is InChI=1S/C30H25N5O5S/c1-17-6-5-7-26(19(17)3)34-29(37)25(28(36)32-30(34)41)15-21-14-18(2)33(20(21)4)22-8-11-24(12-9-22)40-27-13-10-23(16-31-27)35(38)39/h5-16H,1-4H3,(H,32,36,41)/b25-15+. The molecule has 1 aliphatic heterocycles. The molecule has 41 heavy (non-hydrogen) atoms. The number of hydrogen-bond acceptors (Lipinski definition) is 7. The number of aryl methyl sites for hydroxylation is 2. The highest BCUT2D eigenvalue weighted by molar-refractivity contribution is 7.80. The maximum absolute atomic E-state index is 13.6. The Bertz CT molecular complexity index is 1760. The summed E-state index contributed by atoms with van der Waals surface area (Å²) in [6, 6.07) is 17.5. The van der Waals surface area contributed by atoms with Gasteiger partial charge in [0.25, 0.3) is 17.5 Å². The molecule has 1 fully saturated rings. The van der Waals surface area contributed by atoms with Crippen LogP contribution in [0.3, 0.4) is 0 Å². The summed E-state index contributed by atoms with van der Waals surface area (Å²) >= 11 is 5.37. The molecule has 4 aromatic rings. The lowest BCUT2D eigenvalue weighted by molar-refractivity contribution is -0.385. The molecule has 0 bridgehead atoms. The van der Waals surface area contributed by atoms with E-state index in [9.17, 15) is 19.7 Å². The van der Waals surface area contributed by atoms with Gasteiger partial charge in [0.05, 0.1) is 10.6 Å². The minimum atomic E-state index is -0.548. The number of amides is 2. The Hall–Kier alpha value is -5.16. The molecule has 0 atom stereocenters. The summed E-state index contributed by atoms with van der Waals surface area (Å²) in [5.41, 5.74) is 5.67. The van der Waals surface area contributed by atoms with Crippen LogP contribution in [0.1, 0.15) is 28.1 Å². The smallest absolute Gasteiger partial charge is 0.287 e. The molecule has 2 aromatic carbocycles. The SMILES string of the molecule is Cc1cccc(N2C(=O)/C(=C/c3cc(C)n(-c4ccc(Oc5ccc([N+](=O)[O-])cn5)cc4)c3C)C(=O)NC2=S)c1C. The Balaban J connectivity index is 1.42. The number of aromatic nitrogens is 2. The number of nitrogens with one attached hydrogen (secondary N) is 1. The second kappa shape index (κ2) is 10.8. The molecule has 3 heterocycles. The number of rotatable bonds is 6. The Kier molecular flexibility index (Phi) is 7.21. The molecule has 11 heteroatoms. The van der Waals surface area contributed by atoms with Crippen LogP contribution in [-0.2, 0) is 9.59 Å². The quantitative estimate of drug-likeness (QED) is 0.105. The minimum Gasteiger partial charge on any atom is -0.439 e. The van der Waals surface area contributed by atoms with Crippen LogP contribution in [0.25, 0.3) is 11.8 Å². The lowest BCUT2D eigenvalue weighted by atomic mass is 10.0. The van der Waals surface area contributed by atoms with Crippen LogP contribution >= 0.6 is 12.2 Å². The third kappa shape index (κ3) is 5.22. The van der Waals surface area contributed by atoms with Gasteiger partial charge >= 0.3 is 0 Å². The Morgan fingerprint density at radius 1 is 1.02 bits per heavy atom. The first-order valence-electron chi connectivity index (χ1n) is 12.6. The maximum atomic E-state index is 13.6. The fourth-order valence-electron chi connectivity index (χ4n) is 4.67. The van der Waals surface area contributed by atoms with Crippen LogP contribution < -0.4 is 15.0 Å². The highest BCUT2D eigenvalue weighted by Crippen LogP contribution is 2.30. The van der Waals surface area contributed by atoms with Crippen LogP contribution in [0.4, 0.5) is 11.4 Å². The van der Waals surface area contributed by atoms with Crippen molar-refractivity contribution in [3.05, 3.63) is 111 Å². The third-order valence-corrected chi connectivity index (χ3v) is 7.22. The van der Waals surface area contributed by atoms with Crippen molar-refractivity contribution >= 4 is 46.6 Å². The van der Waals surface area contributed by atoms with Gasteiger partial charge in [-0.15, -0.1) is 0 Å². The first-order valence-corrected chi connectivity index (χ1v) is 13.0. The van der Waals surface area contributed by atoms with Gasteiger partial charge in [0.2, 0.25) is 5.88 Å². The maximum Gasteiger partial charge on any atom is 0.287 e. The second-order valence-corrected chi connectivity index (χ2v) is 9.93. The average molecular weight is 568 g/mol. The van der Waals surface area contributed by atoms with Gasteiger partial charge in [-0.1, -0.05) is 12.1 Å². The summed E-state index contributed by atoms with van der Waals surface area (Å²) < 4.78 is 7.71. The number of anilines is 1. The van der Waals surface area contributed by atoms with Crippen molar-refractivity contribution in [3.8, 4) is 17.3 Å². The predicted octanol–water partition coefficient (Wildman–Crippen LogP) is 5.64. The Morgan fingerprint density at radius 3 is 2.41 bits per heavy atom. The third-order valence-electron chi connectivity index (χ3n) is 6.94. The zero-order chi connectivity index (χ0) is 29.4. The van der Waals surface area contributed by atoms with Gasteiger partial charge in [-0.2, -0.15) is 0 Å². The van der Waals surface area contributed by atoms with Crippen molar-refractivity contribution in [2.75, 3.05) is 4.90 Å². The molecule has 0 spiro atoms. The van der Waals surface area contributed by atoms with Crippen molar-refractivity contribution in [2.24, 2.45) is 0 Å². The van der Waals surface area contributed by atoms with Crippen molar-refractivity contribution in [3.63, 3.8) is 0 Å². The lowest BCUT2D eigenvalue weighted by Crippen LogP contribution is -2.54. The molecule has 1 saturated heterocycles. The summed E-state index contributed by atoms with van der Waals surface area (Å²) in [6.45, 7) is 7.70. The molecular weight excluding hydrogens is 542 g/mol. The Morgan fingerprint density at radius 2 is 1.76 bits per heavy atom. The first-order chi connectivity index (χ1) is 19.5. The molecule has 2 aromatic heterocycles. The van der Waals surface area contributed by atoms with E-state index in [0.29, 0.717) is 17.0 Å². The van der Waals surface area contributed by atoms with Gasteiger partial charge in [0.1, 0.15) is 17.5 Å². The van der Waals surface area contributed by atoms with Crippen LogP contribution in [-0.4, -0.2) is 31.4 Å². The topological polar surface area (TPSA) is 120 Å². The fourth-order valence-corrected chi connectivity index (χ4v) is 4.94. The molecule has 0 saturated carbocycles. The predicted molar refractivity (Wildman–Crippen MR) is 158 cm³/mol. The van der Waals surface area contributed by atoms with Gasteiger partial charge in [0.15, 0.2) is 5.11 Å². The highest BCUT2D eigenvalue weighted by Gasteiger charge is 2.35. The van der Waals surface area contributed by atoms with Gasteiger partial charge < -0.3 is 9.30 Å². The number of nitrogens with zero attached hydrogens (tertiary/aromatic N) is 4. The average Bonchev–Trinajstić information content (AvgIpc) is 3.22. The zero-order valence-corrected chi connectivity index (χ0v) is 23.5. The van der Waals surface area contributed by atoms with E-state index < -0.39 is 16.7 Å². The number of benzene rings is 2. The van der Waals surface area contributed by atoms with Gasteiger partial charge in [-0.05, 0) is 99.1 Å². The monoisotopic (exact) mass is 567 g/mol. The van der Waals surface area contributed by atoms with Crippen molar-refractivity contribution in [1.29, 1.82) is 0 Å². The first kappa shape index (κ1) is 27.4. The molecule has 10 nitrogen and oxygen atoms in total. The van der Waals surface area contributed by atoms with Crippen molar-refractivity contribution in [2.45, 2.75) is 27.7 Å². The molecule has 2 amide bonds. The molecule has 1 aliphatic rings. The molecule has 206 valence electrons. The van der Waals surface area contributed by atoms with Crippen LogP contribution in [0.2, 0.25) is 0 Å². The van der Waals surface area contributed by atoms with E-state index in [1.54, 1.807) is 24.3 Å². The van der Waals surface area contributed by atoms with E-state index in [-0.39, 0.29) is 22.3 Å². The molecule has 5 rings (SSSR count). The summed E-state index contributed by atoms with van der Waals surface area (Å²) in [6.07, 6.45) is 2.73. The lowest BCUT2D eigenvalue weighted by Gasteiger charge is -2.30. The van der Waals surface area contributed by atoms with Crippen LogP contribution in [0.15, 0.2) is 72.4 Å². The van der Waals surface area contributed by atoms with Crippen LogP contribution in [0.5, 0.6) is 11.6 Å². The molecule has 0 unspecified atom stereocenters. The number of thiocarbonyl (C=S) groups is 1. The zero-order valence-electron chi connectivity index (χ0n) is 22.7. The van der Waals surface area contributed by atoms with E-state index >= 15 is 0 Å². The van der Waals surface area contributed by atoms with Gasteiger partial charge in [0, 0.05) is 29.2 Å². The number of hydrogen-bond donors (Lipinski definition) is 1. The Labute approximate surface area is 241 Å². The largest absolute Gasteiger partial charge is 0.439 e. The fraction of sp³-hybridized carbons (Fsp3) is 0.133. The summed E-state index contributed by atoms with van der Waals surface area (Å²) in [7, 11) is 0. The van der Waals surface area contributed by atoms with E-state index in [2.05, 4.69) is 10.3 Å². The highest BCUT2D eigenvalue weighted by atomic mass is 32.1. The number of pyridine rings is 1.